The zero-order valence-electron chi connectivity index (χ0n) is 11.4. The van der Waals surface area contributed by atoms with Crippen LogP contribution in [0.3, 0.4) is 0 Å². The van der Waals surface area contributed by atoms with E-state index in [1.165, 1.54) is 38.5 Å². The van der Waals surface area contributed by atoms with Gasteiger partial charge in [0.15, 0.2) is 0 Å². The molecule has 0 atom stereocenters. The molecule has 2 rings (SSSR count). The Morgan fingerprint density at radius 2 is 1.83 bits per heavy atom. The van der Waals surface area contributed by atoms with Crippen molar-refractivity contribution in [2.24, 2.45) is 5.73 Å². The molecule has 3 nitrogen and oxygen atoms in total. The van der Waals surface area contributed by atoms with E-state index in [4.69, 9.17) is 5.73 Å². The van der Waals surface area contributed by atoms with Crippen molar-refractivity contribution in [1.82, 2.24) is 9.88 Å². The second kappa shape index (κ2) is 6.86. The average Bonchev–Trinajstić information content (AvgIpc) is 2.68. The van der Waals surface area contributed by atoms with Gasteiger partial charge in [-0.25, -0.2) is 0 Å². The van der Waals surface area contributed by atoms with Gasteiger partial charge in [-0.05, 0) is 32.0 Å². The lowest BCUT2D eigenvalue weighted by Crippen LogP contribution is -2.31. The van der Waals surface area contributed by atoms with Crippen LogP contribution in [0.2, 0.25) is 0 Å². The summed E-state index contributed by atoms with van der Waals surface area (Å²) in [5.41, 5.74) is 7.77. The molecule has 0 unspecified atom stereocenters. The van der Waals surface area contributed by atoms with Crippen molar-refractivity contribution in [3.63, 3.8) is 0 Å². The molecule has 1 fully saturated rings. The third-order valence-corrected chi connectivity index (χ3v) is 3.93. The Kier molecular flexibility index (Phi) is 5.14. The maximum atomic E-state index is 5.64. The first-order valence-electron chi connectivity index (χ1n) is 7.14. The Hall–Kier alpha value is -0.930. The molecule has 0 aromatic carbocycles. The van der Waals surface area contributed by atoms with Crippen LogP contribution in [0, 0.1) is 0 Å². The zero-order valence-corrected chi connectivity index (χ0v) is 11.4. The monoisotopic (exact) mass is 247 g/mol. The van der Waals surface area contributed by atoms with E-state index in [2.05, 4.69) is 29.1 Å². The Balaban J connectivity index is 1.94. The lowest BCUT2D eigenvalue weighted by Gasteiger charge is -2.26. The fourth-order valence-electron chi connectivity index (χ4n) is 2.81. The van der Waals surface area contributed by atoms with E-state index < -0.39 is 0 Å². The highest BCUT2D eigenvalue weighted by atomic mass is 15.1. The number of aromatic nitrogens is 1. The summed E-state index contributed by atoms with van der Waals surface area (Å²) in [6, 6.07) is 6.89. The van der Waals surface area contributed by atoms with Crippen LogP contribution in [-0.4, -0.2) is 23.0 Å². The Morgan fingerprint density at radius 1 is 1.17 bits per heavy atom. The molecule has 0 saturated heterocycles. The van der Waals surface area contributed by atoms with Crippen LogP contribution in [0.5, 0.6) is 0 Å². The highest BCUT2D eigenvalue weighted by Gasteiger charge is 2.17. The van der Waals surface area contributed by atoms with Gasteiger partial charge in [-0.2, -0.15) is 0 Å². The van der Waals surface area contributed by atoms with Crippen molar-refractivity contribution in [2.45, 2.75) is 57.7 Å². The van der Waals surface area contributed by atoms with Gasteiger partial charge in [0.25, 0.3) is 0 Å². The summed E-state index contributed by atoms with van der Waals surface area (Å²) >= 11 is 0. The Morgan fingerprint density at radius 3 is 2.50 bits per heavy atom. The van der Waals surface area contributed by atoms with Crippen LogP contribution in [-0.2, 0) is 13.1 Å². The van der Waals surface area contributed by atoms with Crippen molar-refractivity contribution in [2.75, 3.05) is 7.05 Å². The molecule has 18 heavy (non-hydrogen) atoms. The van der Waals surface area contributed by atoms with Crippen molar-refractivity contribution < 1.29 is 0 Å². The normalized spacial score (nSPS) is 17.9. The second-order valence-electron chi connectivity index (χ2n) is 5.38. The molecule has 1 saturated carbocycles. The fourth-order valence-corrected chi connectivity index (χ4v) is 2.81. The van der Waals surface area contributed by atoms with Crippen molar-refractivity contribution in [1.29, 1.82) is 0 Å². The molecule has 2 N–H and O–H groups in total. The van der Waals surface area contributed by atoms with E-state index in [1.54, 1.807) is 0 Å². The summed E-state index contributed by atoms with van der Waals surface area (Å²) in [4.78, 5) is 7.05. The molecule has 1 heterocycles. The number of hydrogen-bond donors (Lipinski definition) is 1. The molecular formula is C15H25N3. The molecule has 3 heteroatoms. The van der Waals surface area contributed by atoms with Crippen molar-refractivity contribution in [3.05, 3.63) is 29.6 Å². The lowest BCUT2D eigenvalue weighted by atomic mass is 10.1. The van der Waals surface area contributed by atoms with E-state index in [0.717, 1.165) is 24.0 Å². The number of pyridine rings is 1. The van der Waals surface area contributed by atoms with Gasteiger partial charge in [0.05, 0.1) is 11.4 Å². The van der Waals surface area contributed by atoms with Gasteiger partial charge in [-0.3, -0.25) is 9.88 Å². The summed E-state index contributed by atoms with van der Waals surface area (Å²) < 4.78 is 0. The molecule has 0 spiro atoms. The van der Waals surface area contributed by atoms with E-state index in [0.29, 0.717) is 6.54 Å². The van der Waals surface area contributed by atoms with E-state index in [-0.39, 0.29) is 0 Å². The maximum absolute atomic E-state index is 5.64. The molecule has 0 bridgehead atoms. The first-order chi connectivity index (χ1) is 8.79. The smallest absolute Gasteiger partial charge is 0.0547 e. The van der Waals surface area contributed by atoms with Crippen LogP contribution < -0.4 is 5.73 Å². The maximum Gasteiger partial charge on any atom is 0.0547 e. The SMILES string of the molecule is CN(Cc1cccc(CN)n1)C1CCCCCC1. The van der Waals surface area contributed by atoms with E-state index in [1.807, 2.05) is 6.07 Å². The van der Waals surface area contributed by atoms with Gasteiger partial charge >= 0.3 is 0 Å². The summed E-state index contributed by atoms with van der Waals surface area (Å²) in [5, 5.41) is 0. The fraction of sp³-hybridized carbons (Fsp3) is 0.667. The highest BCUT2D eigenvalue weighted by molar-refractivity contribution is 5.11. The molecule has 0 radical (unpaired) electrons. The minimum atomic E-state index is 0.529. The largest absolute Gasteiger partial charge is 0.325 e. The summed E-state index contributed by atoms with van der Waals surface area (Å²) in [6.07, 6.45) is 8.26. The predicted octanol–water partition coefficient (Wildman–Crippen LogP) is 2.69. The average molecular weight is 247 g/mol. The molecule has 0 amide bonds. The van der Waals surface area contributed by atoms with Gasteiger partial charge in [-0.15, -0.1) is 0 Å². The number of hydrogen-bond acceptors (Lipinski definition) is 3. The van der Waals surface area contributed by atoms with Crippen molar-refractivity contribution >= 4 is 0 Å². The molecule has 1 aromatic rings. The lowest BCUT2D eigenvalue weighted by molar-refractivity contribution is 0.210. The van der Waals surface area contributed by atoms with Gasteiger partial charge in [-0.1, -0.05) is 31.7 Å². The molecule has 1 aromatic heterocycles. The van der Waals surface area contributed by atoms with Crippen LogP contribution in [0.1, 0.15) is 49.9 Å². The quantitative estimate of drug-likeness (QED) is 0.832. The Bertz CT molecular complexity index is 357. The van der Waals surface area contributed by atoms with Crippen molar-refractivity contribution in [3.8, 4) is 0 Å². The third-order valence-electron chi connectivity index (χ3n) is 3.93. The number of nitrogens with zero attached hydrogens (tertiary/aromatic N) is 2. The zero-order chi connectivity index (χ0) is 12.8. The third kappa shape index (κ3) is 3.79. The van der Waals surface area contributed by atoms with E-state index in [9.17, 15) is 0 Å². The van der Waals surface area contributed by atoms with Crippen LogP contribution in [0.25, 0.3) is 0 Å². The summed E-state index contributed by atoms with van der Waals surface area (Å²) in [6.45, 7) is 1.47. The second-order valence-corrected chi connectivity index (χ2v) is 5.38. The first kappa shape index (κ1) is 13.5. The van der Waals surface area contributed by atoms with Gasteiger partial charge in [0.2, 0.25) is 0 Å². The topological polar surface area (TPSA) is 42.1 Å². The number of rotatable bonds is 4. The molecule has 1 aliphatic carbocycles. The molecule has 0 aliphatic heterocycles. The van der Waals surface area contributed by atoms with Gasteiger partial charge in [0, 0.05) is 19.1 Å². The first-order valence-corrected chi connectivity index (χ1v) is 7.14. The minimum absolute atomic E-state index is 0.529. The summed E-state index contributed by atoms with van der Waals surface area (Å²) in [5.74, 6) is 0. The minimum Gasteiger partial charge on any atom is -0.325 e. The standard InChI is InChI=1S/C15H25N3/c1-18(15-9-4-2-3-5-10-15)12-14-8-6-7-13(11-16)17-14/h6-8,15H,2-5,9-12,16H2,1H3. The van der Waals surface area contributed by atoms with Crippen LogP contribution in [0.15, 0.2) is 18.2 Å². The van der Waals surface area contributed by atoms with Gasteiger partial charge in [0.1, 0.15) is 0 Å². The molecule has 1 aliphatic rings. The highest BCUT2D eigenvalue weighted by Crippen LogP contribution is 2.21. The van der Waals surface area contributed by atoms with Crippen LogP contribution >= 0.6 is 0 Å². The Labute approximate surface area is 110 Å². The predicted molar refractivity (Wildman–Crippen MR) is 75.1 cm³/mol. The molecular weight excluding hydrogens is 222 g/mol. The molecule has 100 valence electrons. The number of nitrogens with two attached hydrogens (primary N) is 1. The summed E-state index contributed by atoms with van der Waals surface area (Å²) in [7, 11) is 2.23. The van der Waals surface area contributed by atoms with E-state index >= 15 is 0 Å². The van der Waals surface area contributed by atoms with Gasteiger partial charge < -0.3 is 5.73 Å². The van der Waals surface area contributed by atoms with Crippen LogP contribution in [0.4, 0.5) is 0 Å².